The fourth-order valence-electron chi connectivity index (χ4n) is 1.07. The first-order chi connectivity index (χ1) is 4.47. The summed E-state index contributed by atoms with van der Waals surface area (Å²) in [7, 11) is 0. The van der Waals surface area contributed by atoms with E-state index in [2.05, 4.69) is 42.5 Å². The average molecular weight is 323 g/mol. The van der Waals surface area contributed by atoms with Crippen LogP contribution in [0.5, 0.6) is 0 Å². The second-order valence-corrected chi connectivity index (χ2v) is 2.15. The molecule has 0 atom stereocenters. The van der Waals surface area contributed by atoms with E-state index in [1.54, 1.807) is 0 Å². The Bertz CT molecular complexity index is 287. The van der Waals surface area contributed by atoms with Gasteiger partial charge in [0.25, 0.3) is 0 Å². The second-order valence-electron chi connectivity index (χ2n) is 2.15. The van der Waals surface area contributed by atoms with E-state index in [0.29, 0.717) is 0 Å². The van der Waals surface area contributed by atoms with Crippen LogP contribution in [-0.2, 0) is 21.7 Å². The van der Waals surface area contributed by atoms with Crippen molar-refractivity contribution in [2.24, 2.45) is 0 Å². The number of hydrogen-bond acceptors (Lipinski definition) is 0. The van der Waals surface area contributed by atoms with Crippen molar-refractivity contribution in [3.05, 3.63) is 42.5 Å². The smallest absolute Gasteiger partial charge is 1.00 e. The molecule has 0 saturated heterocycles. The number of hydrogen-bond donors (Lipinski definition) is 0. The van der Waals surface area contributed by atoms with Crippen LogP contribution in [0.15, 0.2) is 42.5 Å². The summed E-state index contributed by atoms with van der Waals surface area (Å²) < 4.78 is 0. The summed E-state index contributed by atoms with van der Waals surface area (Å²) in [6.45, 7) is 0. The standard InChI is InChI=1S/C9H7.2BrH.Ti/c1-2-5-9-7-3-6-8(9)4-1;;;/h1-7H;2*1H;/q-1;;;+3/p-2. The Morgan fingerprint density at radius 1 is 0.917 bits per heavy atom. The molecule has 0 spiro atoms. The van der Waals surface area contributed by atoms with Crippen molar-refractivity contribution in [1.29, 1.82) is 0 Å². The molecular formula is C9H7Br2Ti. The molecule has 0 bridgehead atoms. The largest absolute Gasteiger partial charge is 3.00 e. The first-order valence-corrected chi connectivity index (χ1v) is 3.07. The Kier molecular flexibility index (Phi) is 8.70. The molecule has 0 N–H and O–H groups in total. The second kappa shape index (κ2) is 6.96. The molecule has 0 aromatic heterocycles. The van der Waals surface area contributed by atoms with E-state index in [9.17, 15) is 0 Å². The summed E-state index contributed by atoms with van der Waals surface area (Å²) in [6.07, 6.45) is 0. The molecule has 2 rings (SSSR count). The zero-order valence-electron chi connectivity index (χ0n) is 6.30. The minimum atomic E-state index is 0. The van der Waals surface area contributed by atoms with Crippen LogP contribution in [0, 0.1) is 0 Å². The van der Waals surface area contributed by atoms with Crippen molar-refractivity contribution >= 4 is 10.8 Å². The Balaban J connectivity index is 0. The van der Waals surface area contributed by atoms with Crippen molar-refractivity contribution in [2.45, 2.75) is 0 Å². The Morgan fingerprint density at radius 3 is 2.25 bits per heavy atom. The molecule has 2 aromatic carbocycles. The maximum Gasteiger partial charge on any atom is 3.00 e. The molecule has 0 saturated carbocycles. The van der Waals surface area contributed by atoms with E-state index in [1.807, 2.05) is 0 Å². The van der Waals surface area contributed by atoms with Gasteiger partial charge in [0.2, 0.25) is 0 Å². The fourth-order valence-corrected chi connectivity index (χ4v) is 1.07. The topological polar surface area (TPSA) is 0 Å². The van der Waals surface area contributed by atoms with Gasteiger partial charge in [0.05, 0.1) is 0 Å². The normalized spacial score (nSPS) is 7.67. The van der Waals surface area contributed by atoms with Gasteiger partial charge in [0.15, 0.2) is 0 Å². The first-order valence-electron chi connectivity index (χ1n) is 3.07. The molecule has 1 radical (unpaired) electrons. The van der Waals surface area contributed by atoms with Crippen molar-refractivity contribution in [3.8, 4) is 0 Å². The van der Waals surface area contributed by atoms with E-state index >= 15 is 0 Å². The van der Waals surface area contributed by atoms with Gasteiger partial charge >= 0.3 is 21.7 Å². The van der Waals surface area contributed by atoms with Crippen molar-refractivity contribution in [2.75, 3.05) is 0 Å². The zero-order chi connectivity index (χ0) is 6.10. The summed E-state index contributed by atoms with van der Waals surface area (Å²) in [4.78, 5) is 0. The number of benzene rings is 1. The van der Waals surface area contributed by atoms with Gasteiger partial charge in [-0.15, -0.1) is 29.7 Å². The van der Waals surface area contributed by atoms with Crippen LogP contribution in [0.1, 0.15) is 0 Å². The number of fused-ring (bicyclic) bond motifs is 1. The average Bonchev–Trinajstić information content (AvgIpc) is 2.33. The number of rotatable bonds is 0. The predicted molar refractivity (Wildman–Crippen MR) is 39.5 cm³/mol. The third-order valence-corrected chi connectivity index (χ3v) is 1.55. The van der Waals surface area contributed by atoms with Crippen LogP contribution < -0.4 is 34.0 Å². The summed E-state index contributed by atoms with van der Waals surface area (Å²) in [5, 5.41) is 2.66. The van der Waals surface area contributed by atoms with Crippen LogP contribution in [-0.4, -0.2) is 0 Å². The molecule has 0 amide bonds. The molecule has 61 valence electrons. The van der Waals surface area contributed by atoms with Gasteiger partial charge in [-0.05, 0) is 0 Å². The summed E-state index contributed by atoms with van der Waals surface area (Å²) in [5.41, 5.74) is 0. The van der Waals surface area contributed by atoms with Crippen molar-refractivity contribution in [1.82, 2.24) is 0 Å². The van der Waals surface area contributed by atoms with Crippen LogP contribution >= 0.6 is 0 Å². The van der Waals surface area contributed by atoms with Gasteiger partial charge in [-0.25, -0.2) is 0 Å². The fraction of sp³-hybridized carbons (Fsp3) is 0. The molecule has 0 nitrogen and oxygen atoms in total. The van der Waals surface area contributed by atoms with E-state index < -0.39 is 0 Å². The predicted octanol–water partition coefficient (Wildman–Crippen LogP) is -3.44. The van der Waals surface area contributed by atoms with Crippen LogP contribution in [0.25, 0.3) is 10.8 Å². The summed E-state index contributed by atoms with van der Waals surface area (Å²) in [6, 6.07) is 14.7. The third-order valence-electron chi connectivity index (χ3n) is 1.55. The van der Waals surface area contributed by atoms with Crippen molar-refractivity contribution < 1.29 is 55.7 Å². The molecule has 0 aliphatic heterocycles. The van der Waals surface area contributed by atoms with E-state index in [0.717, 1.165) is 0 Å². The molecule has 0 unspecified atom stereocenters. The number of halogens is 2. The van der Waals surface area contributed by atoms with E-state index in [-0.39, 0.29) is 55.7 Å². The Morgan fingerprint density at radius 2 is 1.58 bits per heavy atom. The maximum atomic E-state index is 2.12. The molecule has 0 heterocycles. The minimum Gasteiger partial charge on any atom is -1.00 e. The minimum absolute atomic E-state index is 0. The van der Waals surface area contributed by atoms with Crippen LogP contribution in [0.3, 0.4) is 0 Å². The van der Waals surface area contributed by atoms with E-state index in [1.165, 1.54) is 10.8 Å². The summed E-state index contributed by atoms with van der Waals surface area (Å²) >= 11 is 0. The molecular weight excluding hydrogens is 316 g/mol. The summed E-state index contributed by atoms with van der Waals surface area (Å²) in [5.74, 6) is 0. The molecule has 3 heteroatoms. The van der Waals surface area contributed by atoms with Gasteiger partial charge in [0, 0.05) is 0 Å². The van der Waals surface area contributed by atoms with E-state index in [4.69, 9.17) is 0 Å². The third kappa shape index (κ3) is 3.10. The Hall–Kier alpha value is 0.504. The van der Waals surface area contributed by atoms with Crippen LogP contribution in [0.4, 0.5) is 0 Å². The van der Waals surface area contributed by atoms with Gasteiger partial charge in [-0.1, -0.05) is 6.07 Å². The quantitative estimate of drug-likeness (QED) is 0.350. The Labute approximate surface area is 108 Å². The van der Waals surface area contributed by atoms with Crippen LogP contribution in [0.2, 0.25) is 0 Å². The monoisotopic (exact) mass is 321 g/mol. The first kappa shape index (κ1) is 15.0. The van der Waals surface area contributed by atoms with Gasteiger partial charge in [-0.2, -0.15) is 17.5 Å². The molecule has 2 aromatic rings. The zero-order valence-corrected chi connectivity index (χ0v) is 11.0. The SMILES string of the molecule is [Br-].[Br-].[Ti+3].c1ccc2[cH-]ccc2c1. The maximum absolute atomic E-state index is 2.12. The molecule has 0 aliphatic rings. The van der Waals surface area contributed by atoms with Gasteiger partial charge in [0.1, 0.15) is 0 Å². The van der Waals surface area contributed by atoms with Crippen molar-refractivity contribution in [3.63, 3.8) is 0 Å². The van der Waals surface area contributed by atoms with Gasteiger partial charge in [-0.3, -0.25) is 0 Å². The molecule has 0 aliphatic carbocycles. The molecule has 12 heavy (non-hydrogen) atoms. The van der Waals surface area contributed by atoms with Gasteiger partial charge < -0.3 is 34.0 Å². The molecule has 0 fully saturated rings.